The third-order valence-electron chi connectivity index (χ3n) is 6.34. The van der Waals surface area contributed by atoms with Crippen molar-refractivity contribution in [3.8, 4) is 11.5 Å². The minimum Gasteiger partial charge on any atom is -0.493 e. The number of hydrogen-bond donors (Lipinski definition) is 1. The number of aromatic nitrogens is 3. The molecular weight excluding hydrogens is 390 g/mol. The number of pyridine rings is 1. The molecule has 2 aliphatic rings. The molecule has 0 amide bonds. The Kier molecular flexibility index (Phi) is 5.68. The number of nitrogens with one attached hydrogen (secondary N) is 1. The Labute approximate surface area is 183 Å². The lowest BCUT2D eigenvalue weighted by Gasteiger charge is -2.17. The maximum atomic E-state index is 6.15. The highest BCUT2D eigenvalue weighted by molar-refractivity contribution is 5.97. The molecule has 7 heteroatoms. The number of ether oxygens (including phenoxy) is 2. The molecule has 164 valence electrons. The third-order valence-corrected chi connectivity index (χ3v) is 6.34. The summed E-state index contributed by atoms with van der Waals surface area (Å²) >= 11 is 0. The number of rotatable bonds is 8. The van der Waals surface area contributed by atoms with Crippen molar-refractivity contribution >= 4 is 22.4 Å². The van der Waals surface area contributed by atoms with Gasteiger partial charge in [-0.15, -0.1) is 0 Å². The monoisotopic (exact) mass is 421 g/mol. The molecule has 0 saturated carbocycles. The van der Waals surface area contributed by atoms with E-state index in [9.17, 15) is 0 Å². The van der Waals surface area contributed by atoms with Gasteiger partial charge in [0.05, 0.1) is 24.9 Å². The molecule has 5 rings (SSSR count). The highest BCUT2D eigenvalue weighted by atomic mass is 16.5. The third kappa shape index (κ3) is 4.19. The number of hydrogen-bond acceptors (Lipinski definition) is 6. The second kappa shape index (κ2) is 8.75. The first kappa shape index (κ1) is 20.1. The molecule has 1 saturated heterocycles. The molecule has 1 aromatic carbocycles. The summed E-state index contributed by atoms with van der Waals surface area (Å²) in [6.45, 7) is 4.23. The molecule has 1 fully saturated rings. The fraction of sp³-hybridized carbons (Fsp3) is 0.500. The smallest absolute Gasteiger partial charge is 0.163 e. The lowest BCUT2D eigenvalue weighted by atomic mass is 10.1. The zero-order valence-corrected chi connectivity index (χ0v) is 18.5. The van der Waals surface area contributed by atoms with Gasteiger partial charge in [0, 0.05) is 43.0 Å². The van der Waals surface area contributed by atoms with Gasteiger partial charge in [-0.1, -0.05) is 0 Å². The van der Waals surface area contributed by atoms with E-state index < -0.39 is 0 Å². The van der Waals surface area contributed by atoms with Gasteiger partial charge < -0.3 is 19.7 Å². The van der Waals surface area contributed by atoms with Crippen molar-refractivity contribution in [1.29, 1.82) is 0 Å². The van der Waals surface area contributed by atoms with Gasteiger partial charge >= 0.3 is 0 Å². The van der Waals surface area contributed by atoms with Crippen molar-refractivity contribution in [2.45, 2.75) is 38.5 Å². The number of likely N-dealkylation sites (tertiary alicyclic amines) is 1. The topological polar surface area (TPSA) is 64.4 Å². The molecule has 31 heavy (non-hydrogen) atoms. The Morgan fingerprint density at radius 1 is 1.10 bits per heavy atom. The number of aryl methyl sites for hydroxylation is 2. The summed E-state index contributed by atoms with van der Waals surface area (Å²) in [5.41, 5.74) is 4.50. The largest absolute Gasteiger partial charge is 0.493 e. The molecular formula is C24H31N5O2. The molecule has 1 aliphatic carbocycles. The number of fused-ring (bicyclic) bond motifs is 2. The van der Waals surface area contributed by atoms with Crippen LogP contribution >= 0.6 is 0 Å². The van der Waals surface area contributed by atoms with Crippen molar-refractivity contribution in [3.63, 3.8) is 0 Å². The van der Waals surface area contributed by atoms with Crippen molar-refractivity contribution < 1.29 is 9.47 Å². The van der Waals surface area contributed by atoms with Crippen molar-refractivity contribution in [1.82, 2.24) is 19.7 Å². The van der Waals surface area contributed by atoms with E-state index in [1.54, 1.807) is 11.8 Å². The highest BCUT2D eigenvalue weighted by Crippen LogP contribution is 2.40. The maximum Gasteiger partial charge on any atom is 0.163 e. The van der Waals surface area contributed by atoms with Crippen LogP contribution in [0.1, 0.15) is 36.9 Å². The molecule has 0 unspecified atom stereocenters. The van der Waals surface area contributed by atoms with Crippen LogP contribution in [0.5, 0.6) is 11.5 Å². The number of anilines is 2. The van der Waals surface area contributed by atoms with Crippen LogP contribution in [0.4, 0.5) is 11.5 Å². The van der Waals surface area contributed by atoms with E-state index in [4.69, 9.17) is 14.5 Å². The number of methoxy groups -OCH3 is 1. The predicted octanol–water partition coefficient (Wildman–Crippen LogP) is 4.07. The fourth-order valence-corrected chi connectivity index (χ4v) is 4.77. The summed E-state index contributed by atoms with van der Waals surface area (Å²) in [7, 11) is 3.63. The van der Waals surface area contributed by atoms with Gasteiger partial charge in [-0.25, -0.2) is 0 Å². The summed E-state index contributed by atoms with van der Waals surface area (Å²) < 4.78 is 13.7. The molecule has 3 heterocycles. The molecule has 1 aliphatic heterocycles. The van der Waals surface area contributed by atoms with E-state index in [1.165, 1.54) is 37.2 Å². The standard InChI is InChI=1S/C24H31N5O2/c1-28-13-9-23(27-28)26-24-17-7-5-8-19(17)25-20-16-22(21(30-2)15-18(20)24)31-14-6-12-29-10-3-4-11-29/h9,13,15-16H,3-8,10-12,14H2,1-2H3,(H,25,26,27). The minimum absolute atomic E-state index is 0.683. The molecule has 0 radical (unpaired) electrons. The van der Waals surface area contributed by atoms with Gasteiger partial charge in [0.1, 0.15) is 0 Å². The molecule has 3 aromatic rings. The average molecular weight is 422 g/mol. The first-order valence-electron chi connectivity index (χ1n) is 11.4. The van der Waals surface area contributed by atoms with E-state index in [1.807, 2.05) is 25.4 Å². The van der Waals surface area contributed by atoms with E-state index >= 15 is 0 Å². The van der Waals surface area contributed by atoms with Crippen molar-refractivity contribution in [2.24, 2.45) is 7.05 Å². The van der Waals surface area contributed by atoms with Crippen LogP contribution in [-0.2, 0) is 19.9 Å². The zero-order valence-electron chi connectivity index (χ0n) is 18.5. The van der Waals surface area contributed by atoms with Crippen LogP contribution in [0.3, 0.4) is 0 Å². The van der Waals surface area contributed by atoms with Crippen LogP contribution in [0, 0.1) is 0 Å². The maximum absolute atomic E-state index is 6.15. The van der Waals surface area contributed by atoms with Crippen LogP contribution < -0.4 is 14.8 Å². The summed E-state index contributed by atoms with van der Waals surface area (Å²) in [6, 6.07) is 6.08. The van der Waals surface area contributed by atoms with Gasteiger partial charge in [-0.2, -0.15) is 5.10 Å². The molecule has 1 N–H and O–H groups in total. The Morgan fingerprint density at radius 2 is 1.97 bits per heavy atom. The Hall–Kier alpha value is -2.80. The molecule has 7 nitrogen and oxygen atoms in total. The normalized spacial score (nSPS) is 16.1. The van der Waals surface area contributed by atoms with Crippen LogP contribution in [0.25, 0.3) is 10.9 Å². The lowest BCUT2D eigenvalue weighted by molar-refractivity contribution is 0.254. The van der Waals surface area contributed by atoms with Gasteiger partial charge in [0.25, 0.3) is 0 Å². The van der Waals surface area contributed by atoms with Crippen molar-refractivity contribution in [3.05, 3.63) is 35.7 Å². The first-order valence-corrected chi connectivity index (χ1v) is 11.4. The lowest BCUT2D eigenvalue weighted by Crippen LogP contribution is -2.21. The average Bonchev–Trinajstić information content (AvgIpc) is 3.53. The SMILES string of the molecule is COc1cc2c(Nc3ccn(C)n3)c3c(nc2cc1OCCCN1CCCC1)CCC3. The van der Waals surface area contributed by atoms with E-state index in [2.05, 4.69) is 21.4 Å². The summed E-state index contributed by atoms with van der Waals surface area (Å²) in [5, 5.41) is 9.10. The molecule has 0 spiro atoms. The number of benzene rings is 1. The van der Waals surface area contributed by atoms with Gasteiger partial charge in [0.2, 0.25) is 0 Å². The summed E-state index contributed by atoms with van der Waals surface area (Å²) in [4.78, 5) is 7.50. The second-order valence-electron chi connectivity index (χ2n) is 8.54. The molecule has 2 aromatic heterocycles. The van der Waals surface area contributed by atoms with Crippen LogP contribution in [0.15, 0.2) is 24.4 Å². The predicted molar refractivity (Wildman–Crippen MR) is 123 cm³/mol. The van der Waals surface area contributed by atoms with E-state index in [0.717, 1.165) is 66.1 Å². The molecule has 0 atom stereocenters. The summed E-state index contributed by atoms with van der Waals surface area (Å²) in [6.07, 6.45) is 8.79. The Balaban J connectivity index is 1.43. The Bertz CT molecular complexity index is 1070. The number of nitrogens with zero attached hydrogens (tertiary/aromatic N) is 4. The van der Waals surface area contributed by atoms with Gasteiger partial charge in [0.15, 0.2) is 17.3 Å². The highest BCUT2D eigenvalue weighted by Gasteiger charge is 2.22. The van der Waals surface area contributed by atoms with Gasteiger partial charge in [-0.05, 0) is 63.2 Å². The zero-order chi connectivity index (χ0) is 21.2. The fourth-order valence-electron chi connectivity index (χ4n) is 4.77. The van der Waals surface area contributed by atoms with E-state index in [0.29, 0.717) is 6.61 Å². The minimum atomic E-state index is 0.683. The van der Waals surface area contributed by atoms with Crippen LogP contribution in [0.2, 0.25) is 0 Å². The molecule has 0 bridgehead atoms. The second-order valence-corrected chi connectivity index (χ2v) is 8.54. The Morgan fingerprint density at radius 3 is 2.74 bits per heavy atom. The van der Waals surface area contributed by atoms with Crippen LogP contribution in [-0.4, -0.2) is 53.0 Å². The first-order chi connectivity index (χ1) is 15.2. The van der Waals surface area contributed by atoms with Gasteiger partial charge in [-0.3, -0.25) is 9.67 Å². The van der Waals surface area contributed by atoms with E-state index in [-0.39, 0.29) is 0 Å². The quantitative estimate of drug-likeness (QED) is 0.553. The summed E-state index contributed by atoms with van der Waals surface area (Å²) in [5.74, 6) is 2.36. The van der Waals surface area contributed by atoms with Crippen molar-refractivity contribution in [2.75, 3.05) is 38.7 Å².